The molecule has 90 valence electrons. The topological polar surface area (TPSA) is 57.0 Å². The van der Waals surface area contributed by atoms with Crippen molar-refractivity contribution in [1.29, 1.82) is 0 Å². The molecule has 0 fully saturated rings. The number of imidazole rings is 1. The zero-order valence-electron chi connectivity index (χ0n) is 9.39. The lowest BCUT2D eigenvalue weighted by Gasteiger charge is -2.05. The highest BCUT2D eigenvalue weighted by Gasteiger charge is 2.11. The fourth-order valence-electron chi connectivity index (χ4n) is 1.65. The van der Waals surface area contributed by atoms with Gasteiger partial charge < -0.3 is 9.30 Å². The Morgan fingerprint density at radius 1 is 1.59 bits per heavy atom. The highest BCUT2D eigenvalue weighted by atomic mass is 35.5. The second kappa shape index (κ2) is 5.14. The van der Waals surface area contributed by atoms with E-state index in [1.165, 1.54) is 7.11 Å². The molecule has 0 saturated carbocycles. The number of pyridine rings is 1. The van der Waals surface area contributed by atoms with Crippen LogP contribution in [0, 0.1) is 0 Å². The van der Waals surface area contributed by atoms with Gasteiger partial charge in [0, 0.05) is 12.7 Å². The second-order valence-corrected chi connectivity index (χ2v) is 3.75. The highest BCUT2D eigenvalue weighted by molar-refractivity contribution is 6.16. The average molecular weight is 254 g/mol. The number of carbonyl (C=O) groups is 1. The lowest BCUT2D eigenvalue weighted by Crippen LogP contribution is -2.09. The fourth-order valence-corrected chi connectivity index (χ4v) is 1.85. The first-order valence-electron chi connectivity index (χ1n) is 5.19. The molecule has 0 spiro atoms. The summed E-state index contributed by atoms with van der Waals surface area (Å²) in [5.74, 6) is 0.741. The molecule has 0 saturated heterocycles. The third kappa shape index (κ3) is 2.39. The van der Waals surface area contributed by atoms with E-state index in [-0.39, 0.29) is 18.3 Å². The highest BCUT2D eigenvalue weighted by Crippen LogP contribution is 2.15. The molecule has 2 aromatic rings. The van der Waals surface area contributed by atoms with Gasteiger partial charge in [0.1, 0.15) is 11.3 Å². The molecule has 5 nitrogen and oxygen atoms in total. The molecule has 0 radical (unpaired) electrons. The van der Waals surface area contributed by atoms with Gasteiger partial charge in [-0.1, -0.05) is 0 Å². The maximum absolute atomic E-state index is 11.1. The molecule has 0 aliphatic carbocycles. The number of alkyl halides is 1. The fraction of sp³-hybridized carbons (Fsp3) is 0.364. The van der Waals surface area contributed by atoms with Crippen molar-refractivity contribution in [2.45, 2.75) is 18.8 Å². The van der Waals surface area contributed by atoms with Crippen LogP contribution in [-0.4, -0.2) is 27.6 Å². The van der Waals surface area contributed by atoms with Crippen LogP contribution in [-0.2, 0) is 22.0 Å². The number of hydrogen-bond acceptors (Lipinski definition) is 4. The Bertz CT molecular complexity index is 538. The van der Waals surface area contributed by atoms with Crippen molar-refractivity contribution in [3.8, 4) is 0 Å². The summed E-state index contributed by atoms with van der Waals surface area (Å²) in [6, 6.07) is 3.69. The van der Waals surface area contributed by atoms with Crippen molar-refractivity contribution in [1.82, 2.24) is 14.5 Å². The van der Waals surface area contributed by atoms with E-state index < -0.39 is 0 Å². The Hall–Kier alpha value is -1.62. The number of halogens is 1. The van der Waals surface area contributed by atoms with Crippen LogP contribution in [0.3, 0.4) is 0 Å². The van der Waals surface area contributed by atoms with Crippen LogP contribution in [0.1, 0.15) is 12.2 Å². The summed E-state index contributed by atoms with van der Waals surface area (Å²) in [4.78, 5) is 19.7. The summed E-state index contributed by atoms with van der Waals surface area (Å²) in [6.45, 7) is 0.474. The maximum atomic E-state index is 11.1. The normalized spacial score (nSPS) is 10.7. The van der Waals surface area contributed by atoms with Crippen LogP contribution >= 0.6 is 11.6 Å². The van der Waals surface area contributed by atoms with Crippen LogP contribution in [0.25, 0.3) is 11.2 Å². The van der Waals surface area contributed by atoms with Crippen molar-refractivity contribution in [3.63, 3.8) is 0 Å². The molecule has 2 heterocycles. The first kappa shape index (κ1) is 11.9. The van der Waals surface area contributed by atoms with Gasteiger partial charge in [0.15, 0.2) is 5.65 Å². The van der Waals surface area contributed by atoms with Crippen LogP contribution in [0.4, 0.5) is 0 Å². The molecule has 0 aliphatic rings. The summed E-state index contributed by atoms with van der Waals surface area (Å²) in [5, 5.41) is 0. The van der Waals surface area contributed by atoms with Crippen LogP contribution < -0.4 is 0 Å². The van der Waals surface area contributed by atoms with Crippen LogP contribution in [0.15, 0.2) is 18.3 Å². The number of aryl methyl sites for hydroxylation is 1. The molecule has 2 rings (SSSR count). The van der Waals surface area contributed by atoms with Gasteiger partial charge in [0.25, 0.3) is 0 Å². The van der Waals surface area contributed by atoms with E-state index in [0.717, 1.165) is 11.2 Å². The molecule has 0 atom stereocenters. The van der Waals surface area contributed by atoms with Gasteiger partial charge in [-0.2, -0.15) is 0 Å². The van der Waals surface area contributed by atoms with Gasteiger partial charge in [-0.05, 0) is 12.1 Å². The van der Waals surface area contributed by atoms with Gasteiger partial charge in [-0.25, -0.2) is 9.97 Å². The quantitative estimate of drug-likeness (QED) is 0.615. The number of methoxy groups -OCH3 is 1. The van der Waals surface area contributed by atoms with Gasteiger partial charge in [0.2, 0.25) is 0 Å². The van der Waals surface area contributed by atoms with Crippen molar-refractivity contribution in [2.75, 3.05) is 7.11 Å². The molecular weight excluding hydrogens is 242 g/mol. The van der Waals surface area contributed by atoms with Gasteiger partial charge in [-0.15, -0.1) is 11.6 Å². The number of carbonyl (C=O) groups excluding carboxylic acids is 1. The summed E-state index contributed by atoms with van der Waals surface area (Å²) in [5.41, 5.74) is 1.53. The second-order valence-electron chi connectivity index (χ2n) is 3.49. The van der Waals surface area contributed by atoms with Gasteiger partial charge in [-0.3, -0.25) is 4.79 Å². The molecule has 17 heavy (non-hydrogen) atoms. The minimum Gasteiger partial charge on any atom is -0.469 e. The molecular formula is C11H12ClN3O2. The summed E-state index contributed by atoms with van der Waals surface area (Å²) < 4.78 is 6.45. The molecule has 2 aromatic heterocycles. The molecule has 6 heteroatoms. The molecule has 0 N–H and O–H groups in total. The maximum Gasteiger partial charge on any atom is 0.307 e. The third-order valence-electron chi connectivity index (χ3n) is 2.47. The van der Waals surface area contributed by atoms with E-state index in [1.807, 2.05) is 16.7 Å². The van der Waals surface area contributed by atoms with E-state index >= 15 is 0 Å². The standard InChI is InChI=1S/C11H12ClN3O2/c1-17-10(16)4-6-15-9(7-12)14-8-3-2-5-13-11(8)15/h2-3,5H,4,6-7H2,1H3. The number of aromatic nitrogens is 3. The average Bonchev–Trinajstić information content (AvgIpc) is 2.73. The number of hydrogen-bond donors (Lipinski definition) is 0. The number of fused-ring (bicyclic) bond motifs is 1. The number of rotatable bonds is 4. The van der Waals surface area contributed by atoms with Crippen molar-refractivity contribution < 1.29 is 9.53 Å². The predicted octanol–water partition coefficient (Wildman–Crippen LogP) is 1.73. The largest absolute Gasteiger partial charge is 0.469 e. The van der Waals surface area contributed by atoms with E-state index in [4.69, 9.17) is 11.6 Å². The molecule has 0 amide bonds. The number of nitrogens with zero attached hydrogens (tertiary/aromatic N) is 3. The first-order chi connectivity index (χ1) is 8.26. The van der Waals surface area contributed by atoms with E-state index in [2.05, 4.69) is 14.7 Å². The monoisotopic (exact) mass is 253 g/mol. The minimum absolute atomic E-state index is 0.261. The van der Waals surface area contributed by atoms with E-state index in [0.29, 0.717) is 12.4 Å². The SMILES string of the molecule is COC(=O)CCn1c(CCl)nc2cccnc21. The lowest BCUT2D eigenvalue weighted by atomic mass is 10.4. The lowest BCUT2D eigenvalue weighted by molar-refractivity contribution is -0.140. The molecule has 0 unspecified atom stereocenters. The Morgan fingerprint density at radius 2 is 2.41 bits per heavy atom. The van der Waals surface area contributed by atoms with Gasteiger partial charge >= 0.3 is 5.97 Å². The zero-order valence-corrected chi connectivity index (χ0v) is 10.1. The van der Waals surface area contributed by atoms with Crippen molar-refractivity contribution >= 4 is 28.7 Å². The van der Waals surface area contributed by atoms with Crippen LogP contribution in [0.5, 0.6) is 0 Å². The first-order valence-corrected chi connectivity index (χ1v) is 5.72. The van der Waals surface area contributed by atoms with Crippen molar-refractivity contribution in [2.24, 2.45) is 0 Å². The smallest absolute Gasteiger partial charge is 0.307 e. The Morgan fingerprint density at radius 3 is 3.12 bits per heavy atom. The van der Waals surface area contributed by atoms with Gasteiger partial charge in [0.05, 0.1) is 19.4 Å². The number of ether oxygens (including phenoxy) is 1. The molecule has 0 aliphatic heterocycles. The Labute approximate surface area is 103 Å². The Balaban J connectivity index is 2.33. The van der Waals surface area contributed by atoms with Crippen molar-refractivity contribution in [3.05, 3.63) is 24.2 Å². The summed E-state index contributed by atoms with van der Waals surface area (Å²) in [6.07, 6.45) is 1.97. The van der Waals surface area contributed by atoms with E-state index in [9.17, 15) is 4.79 Å². The summed E-state index contributed by atoms with van der Waals surface area (Å²) >= 11 is 5.83. The van der Waals surface area contributed by atoms with E-state index in [1.54, 1.807) is 6.20 Å². The third-order valence-corrected chi connectivity index (χ3v) is 2.71. The predicted molar refractivity (Wildman–Crippen MR) is 63.7 cm³/mol. The molecule has 0 aromatic carbocycles. The molecule has 0 bridgehead atoms. The van der Waals surface area contributed by atoms with Crippen LogP contribution in [0.2, 0.25) is 0 Å². The summed E-state index contributed by atoms with van der Waals surface area (Å²) in [7, 11) is 1.37. The minimum atomic E-state index is -0.261. The Kier molecular flexibility index (Phi) is 3.58. The zero-order chi connectivity index (χ0) is 12.3. The number of esters is 1.